The number of hydrogen-bond donors (Lipinski definition) is 2. The molecule has 0 aliphatic heterocycles. The van der Waals surface area contributed by atoms with Gasteiger partial charge in [0.05, 0.1) is 6.61 Å². The molecule has 0 spiro atoms. The van der Waals surface area contributed by atoms with Gasteiger partial charge in [0.15, 0.2) is 11.6 Å². The third kappa shape index (κ3) is 33.7. The molecule has 0 aromatic carbocycles. The van der Waals surface area contributed by atoms with E-state index in [0.717, 1.165) is 70.6 Å². The van der Waals surface area contributed by atoms with Crippen molar-refractivity contribution >= 4 is 17.5 Å². The zero-order valence-electron chi connectivity index (χ0n) is 39.7. The molecule has 6 heteroatoms. The van der Waals surface area contributed by atoms with Crippen LogP contribution in [0.3, 0.4) is 0 Å². The van der Waals surface area contributed by atoms with E-state index >= 15 is 0 Å². The first kappa shape index (κ1) is 57.5. The number of ketones is 2. The molecular weight excluding hydrogens is 733 g/mol. The minimum Gasteiger partial charge on any atom is -0.440 e. The summed E-state index contributed by atoms with van der Waals surface area (Å²) >= 11 is 0. The highest BCUT2D eigenvalue weighted by Gasteiger charge is 2.53. The first-order chi connectivity index (χ1) is 28.9. The molecule has 0 aliphatic rings. The van der Waals surface area contributed by atoms with Gasteiger partial charge in [0, 0.05) is 19.3 Å². The lowest BCUT2D eigenvalue weighted by atomic mass is 9.82. The minimum absolute atomic E-state index is 0.0554. The number of ether oxygens (including phenoxy) is 1. The van der Waals surface area contributed by atoms with E-state index in [1.807, 2.05) is 0 Å². The van der Waals surface area contributed by atoms with Crippen molar-refractivity contribution in [2.75, 3.05) is 6.61 Å². The van der Waals surface area contributed by atoms with Crippen LogP contribution in [0.2, 0.25) is 0 Å². The molecule has 1 atom stereocenters. The van der Waals surface area contributed by atoms with E-state index in [1.54, 1.807) is 0 Å². The molecule has 0 aliphatic carbocycles. The summed E-state index contributed by atoms with van der Waals surface area (Å²) in [5.41, 5.74) is -2.32. The Morgan fingerprint density at radius 2 is 0.661 bits per heavy atom. The molecule has 0 aromatic heterocycles. The van der Waals surface area contributed by atoms with Gasteiger partial charge in [0.1, 0.15) is 6.10 Å². The highest BCUT2D eigenvalue weighted by atomic mass is 16.6. The van der Waals surface area contributed by atoms with Gasteiger partial charge in [-0.1, -0.05) is 238 Å². The number of hydrogen-bond acceptors (Lipinski definition) is 6. The Balaban J connectivity index is 4.90. The fourth-order valence-corrected chi connectivity index (χ4v) is 8.39. The fourth-order valence-electron chi connectivity index (χ4n) is 8.39. The molecule has 0 aromatic rings. The van der Waals surface area contributed by atoms with Crippen LogP contribution in [0.1, 0.15) is 290 Å². The summed E-state index contributed by atoms with van der Waals surface area (Å²) in [6.07, 6.45) is 48.6. The Labute approximate surface area is 366 Å². The molecule has 59 heavy (non-hydrogen) atoms. The number of unbranched alkanes of at least 4 members (excludes halogenated alkanes) is 35. The highest BCUT2D eigenvalue weighted by Crippen LogP contribution is 2.28. The van der Waals surface area contributed by atoms with Crippen molar-refractivity contribution in [3.8, 4) is 0 Å². The number of allylic oxidation sites excluding steroid dienone is 2. The lowest BCUT2D eigenvalue weighted by Crippen LogP contribution is -2.60. The van der Waals surface area contributed by atoms with E-state index in [1.165, 1.54) is 161 Å². The van der Waals surface area contributed by atoms with Crippen LogP contribution in [-0.2, 0) is 19.1 Å². The quantitative estimate of drug-likeness (QED) is 0.0274. The molecule has 0 rings (SSSR count). The van der Waals surface area contributed by atoms with Crippen LogP contribution in [0.5, 0.6) is 0 Å². The molecule has 1 unspecified atom stereocenters. The van der Waals surface area contributed by atoms with Crippen molar-refractivity contribution < 1.29 is 29.3 Å². The predicted molar refractivity (Wildman–Crippen MR) is 252 cm³/mol. The Morgan fingerprint density at radius 3 is 0.949 bits per heavy atom. The van der Waals surface area contributed by atoms with Crippen molar-refractivity contribution in [3.63, 3.8) is 0 Å². The lowest BCUT2D eigenvalue weighted by Gasteiger charge is -2.34. The second-order valence-electron chi connectivity index (χ2n) is 18.1. The zero-order chi connectivity index (χ0) is 43.3. The SMILES string of the molecule is CCCCCCCC/C=C\CCCCCCCC(=O)OC(C(=O)CCCCCCCCCCCCCCC)(C(=O)CCCCCCCCCCCCCCC)C(O)CO. The van der Waals surface area contributed by atoms with E-state index in [9.17, 15) is 24.6 Å². The molecule has 0 bridgehead atoms. The number of carbonyl (C=O) groups excluding carboxylic acids is 3. The first-order valence-electron chi connectivity index (χ1n) is 26.1. The molecule has 0 amide bonds. The van der Waals surface area contributed by atoms with E-state index in [4.69, 9.17) is 4.74 Å². The maximum absolute atomic E-state index is 13.9. The van der Waals surface area contributed by atoms with Gasteiger partial charge in [-0.15, -0.1) is 0 Å². The van der Waals surface area contributed by atoms with Crippen LogP contribution in [0, 0.1) is 0 Å². The maximum Gasteiger partial charge on any atom is 0.307 e. The molecule has 0 heterocycles. The Morgan fingerprint density at radius 1 is 0.407 bits per heavy atom. The van der Waals surface area contributed by atoms with E-state index < -0.39 is 35.8 Å². The molecule has 0 radical (unpaired) electrons. The lowest BCUT2D eigenvalue weighted by molar-refractivity contribution is -0.188. The van der Waals surface area contributed by atoms with Gasteiger partial charge in [-0.05, 0) is 44.9 Å². The van der Waals surface area contributed by atoms with Gasteiger partial charge in [0.2, 0.25) is 0 Å². The molecule has 6 nitrogen and oxygen atoms in total. The van der Waals surface area contributed by atoms with Gasteiger partial charge in [0.25, 0.3) is 5.60 Å². The standard InChI is InChI=1S/C53H100O6/c1-4-7-10-13-16-19-22-25-26-29-32-35-38-41-44-47-52(58)59-53(51(57)48-54,49(55)45-42-39-36-33-30-27-23-20-17-14-11-8-5-2)50(56)46-43-40-37-34-31-28-24-21-18-15-12-9-6-3/h25-26,51,54,57H,4-24,27-48H2,1-3H3/b26-25-. The molecule has 0 saturated carbocycles. The Bertz CT molecular complexity index is 918. The van der Waals surface area contributed by atoms with Crippen LogP contribution in [-0.4, -0.2) is 46.1 Å². The van der Waals surface area contributed by atoms with Crippen LogP contribution in [0.15, 0.2) is 12.2 Å². The van der Waals surface area contributed by atoms with Crippen molar-refractivity contribution in [2.24, 2.45) is 0 Å². The van der Waals surface area contributed by atoms with Crippen LogP contribution < -0.4 is 0 Å². The van der Waals surface area contributed by atoms with Crippen molar-refractivity contribution in [1.29, 1.82) is 0 Å². The van der Waals surface area contributed by atoms with Gasteiger partial charge >= 0.3 is 5.97 Å². The molecule has 0 saturated heterocycles. The number of carbonyl (C=O) groups is 3. The summed E-state index contributed by atoms with van der Waals surface area (Å²) in [5, 5.41) is 21.2. The normalized spacial score (nSPS) is 12.4. The van der Waals surface area contributed by atoms with Gasteiger partial charge in [-0.2, -0.15) is 0 Å². The topological polar surface area (TPSA) is 101 Å². The second-order valence-corrected chi connectivity index (χ2v) is 18.1. The molecule has 348 valence electrons. The number of aliphatic hydroxyl groups excluding tert-OH is 2. The summed E-state index contributed by atoms with van der Waals surface area (Å²) in [6, 6.07) is 0. The third-order valence-electron chi connectivity index (χ3n) is 12.4. The third-order valence-corrected chi connectivity index (χ3v) is 12.4. The highest BCUT2D eigenvalue weighted by molar-refractivity contribution is 6.12. The molecule has 2 N–H and O–H groups in total. The van der Waals surface area contributed by atoms with E-state index in [-0.39, 0.29) is 19.3 Å². The minimum atomic E-state index is -2.32. The number of esters is 1. The Hall–Kier alpha value is -1.53. The zero-order valence-corrected chi connectivity index (χ0v) is 39.7. The average molecular weight is 833 g/mol. The monoisotopic (exact) mass is 833 g/mol. The van der Waals surface area contributed by atoms with Gasteiger partial charge in [-0.3, -0.25) is 14.4 Å². The number of rotatable bonds is 48. The van der Waals surface area contributed by atoms with Crippen LogP contribution in [0.4, 0.5) is 0 Å². The number of Topliss-reactive ketones (excluding diaryl/α,β-unsaturated/α-hetero) is 2. The summed E-state index contributed by atoms with van der Waals surface area (Å²) in [5.74, 6) is -1.74. The summed E-state index contributed by atoms with van der Waals surface area (Å²) in [4.78, 5) is 41.1. The van der Waals surface area contributed by atoms with Crippen LogP contribution in [0.25, 0.3) is 0 Å². The summed E-state index contributed by atoms with van der Waals surface area (Å²) in [6.45, 7) is 5.95. The smallest absolute Gasteiger partial charge is 0.307 e. The fraction of sp³-hybridized carbons (Fsp3) is 0.906. The van der Waals surface area contributed by atoms with Crippen molar-refractivity contribution in [2.45, 2.75) is 302 Å². The first-order valence-corrected chi connectivity index (χ1v) is 26.1. The Kier molecular flexibility index (Phi) is 43.4. The van der Waals surface area contributed by atoms with E-state index in [2.05, 4.69) is 32.9 Å². The van der Waals surface area contributed by atoms with Gasteiger partial charge in [-0.25, -0.2) is 0 Å². The average Bonchev–Trinajstić information content (AvgIpc) is 3.24. The van der Waals surface area contributed by atoms with Gasteiger partial charge < -0.3 is 14.9 Å². The van der Waals surface area contributed by atoms with Crippen molar-refractivity contribution in [1.82, 2.24) is 0 Å². The van der Waals surface area contributed by atoms with Crippen molar-refractivity contribution in [3.05, 3.63) is 12.2 Å². The largest absolute Gasteiger partial charge is 0.440 e. The summed E-state index contributed by atoms with van der Waals surface area (Å²) < 4.78 is 5.80. The van der Waals surface area contributed by atoms with Crippen LogP contribution >= 0.6 is 0 Å². The summed E-state index contributed by atoms with van der Waals surface area (Å²) in [7, 11) is 0. The number of aliphatic hydroxyl groups is 2. The predicted octanol–water partition coefficient (Wildman–Crippen LogP) is 15.8. The molecule has 0 fully saturated rings. The second kappa shape index (κ2) is 44.5. The van der Waals surface area contributed by atoms with E-state index in [0.29, 0.717) is 19.3 Å². The molecular formula is C53H100O6. The maximum atomic E-state index is 13.9.